The van der Waals surface area contributed by atoms with Crippen molar-refractivity contribution in [1.82, 2.24) is 20.1 Å². The van der Waals surface area contributed by atoms with Crippen molar-refractivity contribution in [3.63, 3.8) is 0 Å². The van der Waals surface area contributed by atoms with Crippen LogP contribution in [-0.2, 0) is 21.2 Å². The molecule has 11 nitrogen and oxygen atoms in total. The minimum absolute atomic E-state index is 0.000213. The molecule has 4 aromatic rings. The third kappa shape index (κ3) is 6.02. The Morgan fingerprint density at radius 2 is 1.69 bits per heavy atom. The van der Waals surface area contributed by atoms with Crippen LogP contribution in [0.4, 0.5) is 11.6 Å². The Balaban J connectivity index is 1.34. The summed E-state index contributed by atoms with van der Waals surface area (Å²) in [5.74, 6) is 1.01. The molecule has 0 saturated carbocycles. The van der Waals surface area contributed by atoms with Crippen molar-refractivity contribution in [2.75, 3.05) is 17.1 Å². The highest BCUT2D eigenvalue weighted by molar-refractivity contribution is 7.92. The molecule has 0 radical (unpaired) electrons. The average molecular weight is 509 g/mol. The zero-order chi connectivity index (χ0) is 25.7. The average Bonchev–Trinajstić information content (AvgIpc) is 3.31. The van der Waals surface area contributed by atoms with Gasteiger partial charge in [0.05, 0.1) is 17.6 Å². The fraction of sp³-hybridized carbons (Fsp3) is 0.208. The number of hydrogen-bond donors (Lipinski definition) is 2. The summed E-state index contributed by atoms with van der Waals surface area (Å²) in [5.41, 5.74) is 2.43. The fourth-order valence-electron chi connectivity index (χ4n) is 3.41. The predicted molar refractivity (Wildman–Crippen MR) is 132 cm³/mol. The van der Waals surface area contributed by atoms with Gasteiger partial charge in [0.2, 0.25) is 23.6 Å². The normalized spacial score (nSPS) is 11.2. The van der Waals surface area contributed by atoms with Crippen molar-refractivity contribution in [3.05, 3.63) is 71.9 Å². The molecule has 0 atom stereocenters. The maximum atomic E-state index is 12.7. The number of nitrogens with zero attached hydrogens (tertiary/aromatic N) is 4. The van der Waals surface area contributed by atoms with E-state index in [4.69, 9.17) is 9.26 Å². The summed E-state index contributed by atoms with van der Waals surface area (Å²) in [5, 5.41) is 6.68. The molecule has 12 heteroatoms. The number of aromatic nitrogens is 4. The van der Waals surface area contributed by atoms with Crippen LogP contribution in [0.3, 0.4) is 0 Å². The number of anilines is 2. The van der Waals surface area contributed by atoms with Crippen molar-refractivity contribution in [2.45, 2.75) is 31.6 Å². The number of para-hydroxylation sites is 1. The van der Waals surface area contributed by atoms with Gasteiger partial charge in [0, 0.05) is 29.9 Å². The zero-order valence-electron chi connectivity index (χ0n) is 19.8. The third-order valence-electron chi connectivity index (χ3n) is 5.04. The van der Waals surface area contributed by atoms with Crippen LogP contribution in [0.15, 0.2) is 64.0 Å². The summed E-state index contributed by atoms with van der Waals surface area (Å²) in [7, 11) is -2.33. The van der Waals surface area contributed by atoms with E-state index in [0.29, 0.717) is 40.1 Å². The first kappa shape index (κ1) is 24.8. The molecule has 4 rings (SSSR count). The van der Waals surface area contributed by atoms with Crippen LogP contribution in [0.25, 0.3) is 11.4 Å². The van der Waals surface area contributed by atoms with Crippen LogP contribution in [0, 0.1) is 13.8 Å². The van der Waals surface area contributed by atoms with E-state index in [1.807, 2.05) is 18.2 Å². The summed E-state index contributed by atoms with van der Waals surface area (Å²) >= 11 is 0. The maximum Gasteiger partial charge on any atom is 0.264 e. The highest BCUT2D eigenvalue weighted by Gasteiger charge is 2.17. The van der Waals surface area contributed by atoms with Crippen LogP contribution >= 0.6 is 0 Å². The van der Waals surface area contributed by atoms with E-state index in [2.05, 4.69) is 30.1 Å². The lowest BCUT2D eigenvalue weighted by molar-refractivity contribution is -0.116. The van der Waals surface area contributed by atoms with Crippen LogP contribution in [0.1, 0.15) is 23.7 Å². The van der Waals surface area contributed by atoms with Gasteiger partial charge in [-0.05, 0) is 56.3 Å². The zero-order valence-corrected chi connectivity index (χ0v) is 20.7. The number of sulfonamides is 1. The molecule has 0 bridgehead atoms. The minimum atomic E-state index is -3.89. The molecule has 0 spiro atoms. The second-order valence-corrected chi connectivity index (χ2v) is 9.55. The summed E-state index contributed by atoms with van der Waals surface area (Å²) < 4.78 is 38.2. The summed E-state index contributed by atoms with van der Waals surface area (Å²) in [6.45, 7) is 3.50. The SMILES string of the molecule is COc1ccccc1-c1noc(CCC(=O)Nc2ccc(S(=O)(=O)Nc3nc(C)cc(C)n3)cc2)n1. The van der Waals surface area contributed by atoms with E-state index in [0.717, 1.165) is 0 Å². The van der Waals surface area contributed by atoms with Gasteiger partial charge in [-0.1, -0.05) is 17.3 Å². The van der Waals surface area contributed by atoms with E-state index in [9.17, 15) is 13.2 Å². The van der Waals surface area contributed by atoms with Gasteiger partial charge in [-0.25, -0.2) is 23.1 Å². The largest absolute Gasteiger partial charge is 0.496 e. The summed E-state index contributed by atoms with van der Waals surface area (Å²) in [4.78, 5) is 24.9. The molecule has 2 heterocycles. The second-order valence-electron chi connectivity index (χ2n) is 7.86. The first-order chi connectivity index (χ1) is 17.2. The van der Waals surface area contributed by atoms with Crippen molar-refractivity contribution >= 4 is 27.6 Å². The molecular formula is C24H24N6O5S. The Hall–Kier alpha value is -4.32. The van der Waals surface area contributed by atoms with Crippen molar-refractivity contribution < 1.29 is 22.5 Å². The van der Waals surface area contributed by atoms with E-state index in [-0.39, 0.29) is 29.6 Å². The Labute approximate surface area is 208 Å². The minimum Gasteiger partial charge on any atom is -0.496 e. The molecule has 0 fully saturated rings. The number of ether oxygens (including phenoxy) is 1. The van der Waals surface area contributed by atoms with Crippen LogP contribution in [0.2, 0.25) is 0 Å². The quantitative estimate of drug-likeness (QED) is 0.346. The van der Waals surface area contributed by atoms with E-state index >= 15 is 0 Å². The molecule has 2 aromatic carbocycles. The molecule has 0 aliphatic heterocycles. The lowest BCUT2D eigenvalue weighted by Crippen LogP contribution is -2.16. The number of carbonyl (C=O) groups is 1. The van der Waals surface area contributed by atoms with E-state index in [1.165, 1.54) is 24.3 Å². The first-order valence-electron chi connectivity index (χ1n) is 10.9. The van der Waals surface area contributed by atoms with Crippen LogP contribution in [-0.4, -0.2) is 41.5 Å². The van der Waals surface area contributed by atoms with Gasteiger partial charge in [-0.2, -0.15) is 4.98 Å². The monoisotopic (exact) mass is 508 g/mol. The lowest BCUT2D eigenvalue weighted by atomic mass is 10.2. The number of carbonyl (C=O) groups excluding carboxylic acids is 1. The van der Waals surface area contributed by atoms with Crippen LogP contribution < -0.4 is 14.8 Å². The molecular weight excluding hydrogens is 484 g/mol. The Morgan fingerprint density at radius 1 is 1.00 bits per heavy atom. The van der Waals surface area contributed by atoms with E-state index in [1.54, 1.807) is 33.1 Å². The Kier molecular flexibility index (Phi) is 7.25. The van der Waals surface area contributed by atoms with Gasteiger partial charge >= 0.3 is 0 Å². The molecule has 0 aliphatic carbocycles. The molecule has 0 unspecified atom stereocenters. The molecule has 2 aromatic heterocycles. The van der Waals surface area contributed by atoms with Gasteiger partial charge in [0.25, 0.3) is 10.0 Å². The smallest absolute Gasteiger partial charge is 0.264 e. The summed E-state index contributed by atoms with van der Waals surface area (Å²) in [6.07, 6.45) is 0.333. The van der Waals surface area contributed by atoms with Crippen LogP contribution in [0.5, 0.6) is 5.75 Å². The summed E-state index contributed by atoms with van der Waals surface area (Å²) in [6, 6.07) is 14.8. The number of aryl methyl sites for hydroxylation is 3. The number of nitrogens with one attached hydrogen (secondary N) is 2. The first-order valence-corrected chi connectivity index (χ1v) is 12.4. The van der Waals surface area contributed by atoms with Crippen molar-refractivity contribution in [2.24, 2.45) is 0 Å². The fourth-order valence-corrected chi connectivity index (χ4v) is 4.35. The van der Waals surface area contributed by atoms with Gasteiger partial charge < -0.3 is 14.6 Å². The van der Waals surface area contributed by atoms with Crippen molar-refractivity contribution in [3.8, 4) is 17.1 Å². The highest BCUT2D eigenvalue weighted by atomic mass is 32.2. The number of amides is 1. The maximum absolute atomic E-state index is 12.7. The van der Waals surface area contributed by atoms with Gasteiger partial charge in [-0.15, -0.1) is 0 Å². The highest BCUT2D eigenvalue weighted by Crippen LogP contribution is 2.27. The molecule has 186 valence electrons. The molecule has 2 N–H and O–H groups in total. The number of methoxy groups -OCH3 is 1. The number of rotatable bonds is 9. The van der Waals surface area contributed by atoms with Gasteiger partial charge in [0.15, 0.2) is 0 Å². The molecule has 0 saturated heterocycles. The van der Waals surface area contributed by atoms with Gasteiger partial charge in [0.1, 0.15) is 5.75 Å². The predicted octanol–water partition coefficient (Wildman–Crippen LogP) is 3.52. The Morgan fingerprint density at radius 3 is 2.39 bits per heavy atom. The molecule has 36 heavy (non-hydrogen) atoms. The topological polar surface area (TPSA) is 149 Å². The Bertz CT molecular complexity index is 1460. The second kappa shape index (κ2) is 10.5. The number of benzene rings is 2. The third-order valence-corrected chi connectivity index (χ3v) is 6.38. The van der Waals surface area contributed by atoms with E-state index < -0.39 is 10.0 Å². The molecule has 1 amide bonds. The molecule has 0 aliphatic rings. The lowest BCUT2D eigenvalue weighted by Gasteiger charge is -2.09. The van der Waals surface area contributed by atoms with Crippen molar-refractivity contribution in [1.29, 1.82) is 0 Å². The van der Waals surface area contributed by atoms with Gasteiger partial charge in [-0.3, -0.25) is 4.79 Å². The standard InChI is InChI=1S/C24H24N6O5S/c1-15-14-16(2)26-24(25-15)30-36(32,33)18-10-8-17(9-11-18)27-21(31)12-13-22-28-23(29-35-22)19-6-4-5-7-20(19)34-3/h4-11,14H,12-13H2,1-3H3,(H,27,31)(H,25,26,30). The number of hydrogen-bond acceptors (Lipinski definition) is 9.